The number of carbonyl (C=O) groups excluding carboxylic acids is 2. The number of nitrogens with zero attached hydrogens (tertiary/aromatic N) is 3. The van der Waals surface area contributed by atoms with Crippen molar-refractivity contribution < 1.29 is 19.1 Å². The number of benzene rings is 1. The molecule has 0 aliphatic carbocycles. The molecule has 0 atom stereocenters. The third-order valence-corrected chi connectivity index (χ3v) is 7.28. The lowest BCUT2D eigenvalue weighted by molar-refractivity contribution is -0.136. The van der Waals surface area contributed by atoms with E-state index in [4.69, 9.17) is 9.47 Å². The number of carbonyl (C=O) groups is 2. The van der Waals surface area contributed by atoms with Gasteiger partial charge in [0, 0.05) is 37.5 Å². The highest BCUT2D eigenvalue weighted by Crippen LogP contribution is 2.39. The maximum atomic E-state index is 13.1. The molecule has 0 spiro atoms. The van der Waals surface area contributed by atoms with Crippen molar-refractivity contribution in [3.8, 4) is 22.1 Å². The number of thiazole rings is 1. The molecule has 0 unspecified atom stereocenters. The van der Waals surface area contributed by atoms with E-state index in [-0.39, 0.29) is 17.7 Å². The zero-order valence-corrected chi connectivity index (χ0v) is 19.7. The second-order valence-corrected chi connectivity index (χ2v) is 9.24. The Balaban J connectivity index is 1.39. The summed E-state index contributed by atoms with van der Waals surface area (Å²) in [6, 6.07) is 5.62. The summed E-state index contributed by atoms with van der Waals surface area (Å²) in [6.45, 7) is 2.96. The van der Waals surface area contributed by atoms with Gasteiger partial charge in [0.05, 0.1) is 19.8 Å². The Morgan fingerprint density at radius 2 is 1.69 bits per heavy atom. The monoisotopic (exact) mass is 457 g/mol. The third kappa shape index (κ3) is 4.75. The van der Waals surface area contributed by atoms with Crippen molar-refractivity contribution in [2.75, 3.05) is 40.4 Å². The number of hydrogen-bond donors (Lipinski definition) is 0. The average molecular weight is 458 g/mol. The first-order valence-electron chi connectivity index (χ1n) is 11.4. The van der Waals surface area contributed by atoms with E-state index in [0.29, 0.717) is 30.3 Å². The van der Waals surface area contributed by atoms with Crippen LogP contribution >= 0.6 is 11.3 Å². The molecule has 2 aliphatic rings. The van der Waals surface area contributed by atoms with E-state index < -0.39 is 0 Å². The van der Waals surface area contributed by atoms with E-state index in [9.17, 15) is 9.59 Å². The minimum Gasteiger partial charge on any atom is -0.493 e. The van der Waals surface area contributed by atoms with Gasteiger partial charge < -0.3 is 19.3 Å². The summed E-state index contributed by atoms with van der Waals surface area (Å²) in [6.07, 6.45) is 6.09. The van der Waals surface area contributed by atoms with E-state index in [1.165, 1.54) is 24.2 Å². The Hall–Kier alpha value is -2.61. The van der Waals surface area contributed by atoms with Crippen LogP contribution in [0.3, 0.4) is 0 Å². The van der Waals surface area contributed by atoms with E-state index in [0.717, 1.165) is 49.3 Å². The number of rotatable bonds is 5. The fourth-order valence-electron chi connectivity index (χ4n) is 4.59. The SMILES string of the molecule is COc1cccc(-c2nc(C(=O)N3CCC(C(=O)N4CCCCCC4)CC3)cs2)c1OC. The van der Waals surface area contributed by atoms with Crippen molar-refractivity contribution in [1.82, 2.24) is 14.8 Å². The standard InChI is InChI=1S/C24H31N3O4S/c1-30-20-9-7-8-18(21(20)31-2)22-25-19(16-32-22)24(29)27-14-10-17(11-15-27)23(28)26-12-5-3-4-6-13-26/h7-9,16-17H,3-6,10-15H2,1-2H3. The van der Waals surface area contributed by atoms with Crippen LogP contribution in [0.1, 0.15) is 49.0 Å². The molecule has 2 saturated heterocycles. The lowest BCUT2D eigenvalue weighted by Gasteiger charge is -2.33. The number of methoxy groups -OCH3 is 2. The summed E-state index contributed by atoms with van der Waals surface area (Å²) in [5, 5.41) is 2.51. The lowest BCUT2D eigenvalue weighted by Crippen LogP contribution is -2.44. The molecule has 32 heavy (non-hydrogen) atoms. The Morgan fingerprint density at radius 1 is 0.969 bits per heavy atom. The Morgan fingerprint density at radius 3 is 2.34 bits per heavy atom. The Labute approximate surface area is 193 Å². The highest BCUT2D eigenvalue weighted by atomic mass is 32.1. The first-order valence-corrected chi connectivity index (χ1v) is 12.2. The van der Waals surface area contributed by atoms with Crippen LogP contribution in [0.25, 0.3) is 10.6 Å². The van der Waals surface area contributed by atoms with Gasteiger partial charge in [0.25, 0.3) is 5.91 Å². The van der Waals surface area contributed by atoms with Crippen LogP contribution < -0.4 is 9.47 Å². The molecule has 2 aliphatic heterocycles. The van der Waals surface area contributed by atoms with Gasteiger partial charge in [-0.2, -0.15) is 0 Å². The predicted molar refractivity (Wildman–Crippen MR) is 124 cm³/mol. The van der Waals surface area contributed by atoms with Gasteiger partial charge in [0.2, 0.25) is 5.91 Å². The summed E-state index contributed by atoms with van der Waals surface area (Å²) < 4.78 is 10.9. The third-order valence-electron chi connectivity index (χ3n) is 6.41. The molecular weight excluding hydrogens is 426 g/mol. The van der Waals surface area contributed by atoms with E-state index in [1.807, 2.05) is 28.0 Å². The highest BCUT2D eigenvalue weighted by Gasteiger charge is 2.31. The molecule has 2 aromatic rings. The van der Waals surface area contributed by atoms with Crippen LogP contribution in [0.2, 0.25) is 0 Å². The molecule has 1 aromatic heterocycles. The number of para-hydroxylation sites is 1. The second-order valence-electron chi connectivity index (χ2n) is 8.38. The Bertz CT molecular complexity index is 944. The largest absolute Gasteiger partial charge is 0.493 e. The zero-order valence-electron chi connectivity index (χ0n) is 18.8. The van der Waals surface area contributed by atoms with Gasteiger partial charge in [0.15, 0.2) is 11.5 Å². The topological polar surface area (TPSA) is 72.0 Å². The molecule has 4 rings (SSSR count). The molecule has 2 fully saturated rings. The number of likely N-dealkylation sites (tertiary alicyclic amines) is 2. The minimum absolute atomic E-state index is 0.0317. The first kappa shape index (κ1) is 22.6. The molecule has 0 radical (unpaired) electrons. The normalized spacial score (nSPS) is 17.7. The van der Waals surface area contributed by atoms with Crippen LogP contribution in [0.5, 0.6) is 11.5 Å². The summed E-state index contributed by atoms with van der Waals surface area (Å²) >= 11 is 1.41. The van der Waals surface area contributed by atoms with Crippen LogP contribution in [0.15, 0.2) is 23.6 Å². The van der Waals surface area contributed by atoms with Crippen molar-refractivity contribution in [3.05, 3.63) is 29.3 Å². The molecule has 0 bridgehead atoms. The summed E-state index contributed by atoms with van der Waals surface area (Å²) in [7, 11) is 3.19. The van der Waals surface area contributed by atoms with E-state index >= 15 is 0 Å². The van der Waals surface area contributed by atoms with Gasteiger partial charge in [-0.05, 0) is 37.8 Å². The van der Waals surface area contributed by atoms with Gasteiger partial charge >= 0.3 is 0 Å². The molecule has 172 valence electrons. The van der Waals surface area contributed by atoms with Gasteiger partial charge in [-0.15, -0.1) is 11.3 Å². The predicted octanol–water partition coefficient (Wildman–Crippen LogP) is 4.08. The first-order chi connectivity index (χ1) is 15.6. The number of aromatic nitrogens is 1. The van der Waals surface area contributed by atoms with Crippen molar-refractivity contribution in [2.24, 2.45) is 5.92 Å². The quantitative estimate of drug-likeness (QED) is 0.677. The molecule has 0 saturated carbocycles. The molecule has 7 nitrogen and oxygen atoms in total. The maximum absolute atomic E-state index is 13.1. The molecule has 1 aromatic carbocycles. The smallest absolute Gasteiger partial charge is 0.273 e. The van der Waals surface area contributed by atoms with Crippen molar-refractivity contribution in [2.45, 2.75) is 38.5 Å². The molecule has 0 N–H and O–H groups in total. The van der Waals surface area contributed by atoms with Crippen molar-refractivity contribution in [1.29, 1.82) is 0 Å². The number of hydrogen-bond acceptors (Lipinski definition) is 6. The van der Waals surface area contributed by atoms with Crippen LogP contribution in [0.4, 0.5) is 0 Å². The number of piperidine rings is 1. The number of amides is 2. The van der Waals surface area contributed by atoms with Crippen molar-refractivity contribution >= 4 is 23.2 Å². The maximum Gasteiger partial charge on any atom is 0.273 e. The summed E-state index contributed by atoms with van der Waals surface area (Å²) in [5.41, 5.74) is 1.24. The van der Waals surface area contributed by atoms with Crippen LogP contribution in [0, 0.1) is 5.92 Å². The highest BCUT2D eigenvalue weighted by molar-refractivity contribution is 7.13. The summed E-state index contributed by atoms with van der Waals surface area (Å²) in [4.78, 5) is 34.4. The molecule has 8 heteroatoms. The van der Waals surface area contributed by atoms with Crippen molar-refractivity contribution in [3.63, 3.8) is 0 Å². The molecule has 3 heterocycles. The van der Waals surface area contributed by atoms with E-state index in [1.54, 1.807) is 19.6 Å². The Kier molecular flexibility index (Phi) is 7.29. The minimum atomic E-state index is -0.0740. The van der Waals surface area contributed by atoms with Gasteiger partial charge in [-0.1, -0.05) is 18.9 Å². The van der Waals surface area contributed by atoms with Crippen LogP contribution in [-0.4, -0.2) is 67.0 Å². The van der Waals surface area contributed by atoms with Gasteiger partial charge in [-0.3, -0.25) is 9.59 Å². The van der Waals surface area contributed by atoms with Crippen LogP contribution in [-0.2, 0) is 4.79 Å². The fraction of sp³-hybridized carbons (Fsp3) is 0.542. The summed E-state index contributed by atoms with van der Waals surface area (Å²) in [5.74, 6) is 1.47. The number of ether oxygens (including phenoxy) is 2. The van der Waals surface area contributed by atoms with Gasteiger partial charge in [0.1, 0.15) is 10.7 Å². The second kappa shape index (κ2) is 10.3. The van der Waals surface area contributed by atoms with Gasteiger partial charge in [-0.25, -0.2) is 4.98 Å². The fourth-order valence-corrected chi connectivity index (χ4v) is 5.41. The lowest BCUT2D eigenvalue weighted by atomic mass is 9.95. The van der Waals surface area contributed by atoms with E-state index in [2.05, 4.69) is 4.98 Å². The molecular formula is C24H31N3O4S. The average Bonchev–Trinajstić information content (AvgIpc) is 3.17. The zero-order chi connectivity index (χ0) is 22.5. The molecule has 2 amide bonds.